The quantitative estimate of drug-likeness (QED) is 0.809. The van der Waals surface area contributed by atoms with E-state index in [0.717, 1.165) is 5.56 Å². The highest BCUT2D eigenvalue weighted by Gasteiger charge is 2.54. The summed E-state index contributed by atoms with van der Waals surface area (Å²) in [7, 11) is 0. The van der Waals surface area contributed by atoms with Crippen molar-refractivity contribution in [2.75, 3.05) is 10.6 Å². The van der Waals surface area contributed by atoms with Crippen LogP contribution >= 0.6 is 0 Å². The number of hydrogen-bond acceptors (Lipinski definition) is 4. The number of nitrogens with one attached hydrogen (secondary N) is 2. The zero-order valence-electron chi connectivity index (χ0n) is 13.0. The number of aliphatic hydroxyl groups is 1. The molecule has 0 unspecified atom stereocenters. The first kappa shape index (κ1) is 15.2. The number of ketones is 1. The maximum absolute atomic E-state index is 12.7. The molecule has 0 saturated heterocycles. The summed E-state index contributed by atoms with van der Waals surface area (Å²) in [6.45, 7) is 3.24. The molecule has 0 radical (unpaired) electrons. The van der Waals surface area contributed by atoms with Crippen molar-refractivity contribution in [3.63, 3.8) is 0 Å². The number of benzene rings is 2. The highest BCUT2D eigenvalue weighted by Crippen LogP contribution is 2.41. The van der Waals surface area contributed by atoms with Gasteiger partial charge in [-0.05, 0) is 32.0 Å². The lowest BCUT2D eigenvalue weighted by Gasteiger charge is -2.33. The first-order valence-electron chi connectivity index (χ1n) is 7.39. The minimum atomic E-state index is -1.53. The molecule has 2 aromatic rings. The van der Waals surface area contributed by atoms with Crippen LogP contribution in [-0.2, 0) is 15.1 Å². The number of rotatable bonds is 4. The van der Waals surface area contributed by atoms with E-state index in [9.17, 15) is 14.7 Å². The Morgan fingerprint density at radius 3 is 2.48 bits per heavy atom. The van der Waals surface area contributed by atoms with Crippen LogP contribution in [0.25, 0.3) is 0 Å². The monoisotopic (exact) mass is 310 g/mol. The average Bonchev–Trinajstić information content (AvgIpc) is 2.82. The Balaban J connectivity index is 2.14. The molecule has 2 aromatic carbocycles. The zero-order valence-corrected chi connectivity index (χ0v) is 13.0. The number of fused-ring (bicyclic) bond motifs is 1. The third-order valence-corrected chi connectivity index (χ3v) is 4.15. The standard InChI is InChI=1S/C18H18N2O3/c1-11-7-9-13(10-8-11)20-18(16(22)12(2)21)14-5-3-4-6-15(14)19-17(18)23/h3-10,16,20,22H,1-2H3,(H,19,23)/t16-,18-/m0/s1. The third-order valence-electron chi connectivity index (χ3n) is 4.15. The fraction of sp³-hybridized carbons (Fsp3) is 0.222. The van der Waals surface area contributed by atoms with E-state index in [1.807, 2.05) is 31.2 Å². The molecule has 5 heteroatoms. The van der Waals surface area contributed by atoms with Gasteiger partial charge in [-0.3, -0.25) is 9.59 Å². The molecule has 0 spiro atoms. The topological polar surface area (TPSA) is 78.4 Å². The van der Waals surface area contributed by atoms with E-state index in [4.69, 9.17) is 0 Å². The number of carbonyl (C=O) groups excluding carboxylic acids is 2. The molecule has 0 bridgehead atoms. The van der Waals surface area contributed by atoms with Crippen LogP contribution in [0.5, 0.6) is 0 Å². The summed E-state index contributed by atoms with van der Waals surface area (Å²) in [4.78, 5) is 24.6. The van der Waals surface area contributed by atoms with E-state index in [1.165, 1.54) is 6.92 Å². The molecule has 3 rings (SSSR count). The second-order valence-electron chi connectivity index (χ2n) is 5.81. The molecule has 3 N–H and O–H groups in total. The average molecular weight is 310 g/mol. The van der Waals surface area contributed by atoms with Crippen LogP contribution < -0.4 is 10.6 Å². The molecular formula is C18H18N2O3. The summed E-state index contributed by atoms with van der Waals surface area (Å²) in [6.07, 6.45) is -1.49. The molecule has 2 atom stereocenters. The van der Waals surface area contributed by atoms with Gasteiger partial charge in [0.2, 0.25) is 0 Å². The second kappa shape index (κ2) is 5.52. The van der Waals surface area contributed by atoms with Gasteiger partial charge in [-0.1, -0.05) is 35.9 Å². The summed E-state index contributed by atoms with van der Waals surface area (Å²) < 4.78 is 0. The molecule has 23 heavy (non-hydrogen) atoms. The molecule has 118 valence electrons. The van der Waals surface area contributed by atoms with Crippen LogP contribution in [0, 0.1) is 6.92 Å². The SMILES string of the molecule is CC(=O)[C@H](O)[C@]1(Nc2ccc(C)cc2)C(=O)Nc2ccccc21. The molecule has 1 amide bonds. The smallest absolute Gasteiger partial charge is 0.258 e. The van der Waals surface area contributed by atoms with Gasteiger partial charge < -0.3 is 15.7 Å². The van der Waals surface area contributed by atoms with Crippen LogP contribution in [0.3, 0.4) is 0 Å². The van der Waals surface area contributed by atoms with Crippen LogP contribution in [-0.4, -0.2) is 22.9 Å². The van der Waals surface area contributed by atoms with E-state index >= 15 is 0 Å². The Kier molecular flexibility index (Phi) is 3.66. The Hall–Kier alpha value is -2.66. The molecule has 1 aliphatic heterocycles. The van der Waals surface area contributed by atoms with Gasteiger partial charge in [0.05, 0.1) is 0 Å². The normalized spacial score (nSPS) is 20.6. The van der Waals surface area contributed by atoms with Crippen molar-refractivity contribution < 1.29 is 14.7 Å². The Morgan fingerprint density at radius 1 is 1.17 bits per heavy atom. The third kappa shape index (κ3) is 2.39. The number of Topliss-reactive ketones (excluding diaryl/α,β-unsaturated/α-hetero) is 1. The largest absolute Gasteiger partial charge is 0.382 e. The van der Waals surface area contributed by atoms with Gasteiger partial charge in [0.25, 0.3) is 5.91 Å². The van der Waals surface area contributed by atoms with Gasteiger partial charge in [-0.15, -0.1) is 0 Å². The molecule has 1 aliphatic rings. The lowest BCUT2D eigenvalue weighted by Crippen LogP contribution is -2.54. The predicted octanol–water partition coefficient (Wildman–Crippen LogP) is 2.20. The highest BCUT2D eigenvalue weighted by atomic mass is 16.3. The van der Waals surface area contributed by atoms with Crippen LogP contribution in [0.2, 0.25) is 0 Å². The van der Waals surface area contributed by atoms with Gasteiger partial charge in [-0.2, -0.15) is 0 Å². The van der Waals surface area contributed by atoms with E-state index in [2.05, 4.69) is 10.6 Å². The maximum Gasteiger partial charge on any atom is 0.258 e. The number of aryl methyl sites for hydroxylation is 1. The van der Waals surface area contributed by atoms with Gasteiger partial charge in [-0.25, -0.2) is 0 Å². The number of carbonyl (C=O) groups is 2. The number of anilines is 2. The Bertz CT molecular complexity index is 770. The van der Waals surface area contributed by atoms with Crippen molar-refractivity contribution in [3.05, 3.63) is 59.7 Å². The Morgan fingerprint density at radius 2 is 1.83 bits per heavy atom. The fourth-order valence-corrected chi connectivity index (χ4v) is 2.91. The maximum atomic E-state index is 12.7. The molecular weight excluding hydrogens is 292 g/mol. The van der Waals surface area contributed by atoms with Crippen LogP contribution in [0.1, 0.15) is 18.1 Å². The molecule has 5 nitrogen and oxygen atoms in total. The van der Waals surface area contributed by atoms with Gasteiger partial charge in [0.15, 0.2) is 11.3 Å². The summed E-state index contributed by atoms with van der Waals surface area (Å²) >= 11 is 0. The van der Waals surface area contributed by atoms with Crippen molar-refractivity contribution in [1.29, 1.82) is 0 Å². The second-order valence-corrected chi connectivity index (χ2v) is 5.81. The summed E-state index contributed by atoms with van der Waals surface area (Å²) in [6, 6.07) is 14.5. The molecule has 0 aromatic heterocycles. The highest BCUT2D eigenvalue weighted by molar-refractivity contribution is 6.11. The van der Waals surface area contributed by atoms with Crippen LogP contribution in [0.4, 0.5) is 11.4 Å². The first-order valence-corrected chi connectivity index (χ1v) is 7.39. The first-order chi connectivity index (χ1) is 10.9. The molecule has 0 fully saturated rings. The number of aliphatic hydroxyl groups excluding tert-OH is 1. The van der Waals surface area contributed by atoms with Crippen molar-refractivity contribution in [2.45, 2.75) is 25.5 Å². The summed E-state index contributed by atoms with van der Waals surface area (Å²) in [5, 5.41) is 16.4. The van der Waals surface area contributed by atoms with Gasteiger partial charge in [0, 0.05) is 16.9 Å². The number of hydrogen-bond donors (Lipinski definition) is 3. The van der Waals surface area contributed by atoms with Crippen molar-refractivity contribution in [1.82, 2.24) is 0 Å². The lowest BCUT2D eigenvalue weighted by atomic mass is 9.83. The molecule has 0 aliphatic carbocycles. The fourth-order valence-electron chi connectivity index (χ4n) is 2.91. The van der Waals surface area contributed by atoms with Gasteiger partial charge in [0.1, 0.15) is 6.10 Å². The van der Waals surface area contributed by atoms with Crippen molar-refractivity contribution in [3.8, 4) is 0 Å². The molecule has 0 saturated carbocycles. The lowest BCUT2D eigenvalue weighted by molar-refractivity contribution is -0.135. The van der Waals surface area contributed by atoms with Crippen molar-refractivity contribution >= 4 is 23.1 Å². The minimum absolute atomic E-state index is 0.443. The predicted molar refractivity (Wildman–Crippen MR) is 88.2 cm³/mol. The van der Waals surface area contributed by atoms with Gasteiger partial charge >= 0.3 is 0 Å². The van der Waals surface area contributed by atoms with Crippen LogP contribution in [0.15, 0.2) is 48.5 Å². The molecule has 1 heterocycles. The summed E-state index contributed by atoms with van der Waals surface area (Å²) in [5.41, 5.74) is 1.36. The summed E-state index contributed by atoms with van der Waals surface area (Å²) in [5.74, 6) is -0.918. The zero-order chi connectivity index (χ0) is 16.6. The van der Waals surface area contributed by atoms with E-state index in [0.29, 0.717) is 16.9 Å². The van der Waals surface area contributed by atoms with E-state index < -0.39 is 23.3 Å². The van der Waals surface area contributed by atoms with E-state index in [-0.39, 0.29) is 0 Å². The van der Waals surface area contributed by atoms with E-state index in [1.54, 1.807) is 24.3 Å². The van der Waals surface area contributed by atoms with Crippen molar-refractivity contribution in [2.24, 2.45) is 0 Å². The Labute approximate surface area is 134 Å². The number of para-hydroxylation sites is 1. The number of amides is 1. The minimum Gasteiger partial charge on any atom is -0.382 e.